The van der Waals surface area contributed by atoms with Crippen LogP contribution in [0.25, 0.3) is 0 Å². The van der Waals surface area contributed by atoms with E-state index in [0.717, 1.165) is 0 Å². The van der Waals surface area contributed by atoms with E-state index in [9.17, 15) is 9.90 Å². The summed E-state index contributed by atoms with van der Waals surface area (Å²) >= 11 is 5.79. The monoisotopic (exact) mass is 254 g/mol. The van der Waals surface area contributed by atoms with E-state index >= 15 is 0 Å². The molecule has 0 aromatic heterocycles. The van der Waals surface area contributed by atoms with Gasteiger partial charge in [-0.3, -0.25) is 4.79 Å². The summed E-state index contributed by atoms with van der Waals surface area (Å²) in [6.07, 6.45) is 0.109. The molecule has 0 aliphatic rings. The average molecular weight is 255 g/mol. The van der Waals surface area contributed by atoms with Crippen LogP contribution in [0.2, 0.25) is 5.02 Å². The molecule has 94 valence electrons. The number of aliphatic hydroxyl groups is 1. The summed E-state index contributed by atoms with van der Waals surface area (Å²) < 4.78 is 0. The Hall–Kier alpha value is -0.860. The van der Waals surface area contributed by atoms with Crippen LogP contribution >= 0.6 is 11.6 Å². The average Bonchev–Trinajstić information content (AvgIpc) is 2.16. The summed E-state index contributed by atoms with van der Waals surface area (Å²) in [6, 6.07) is 6.93. The lowest BCUT2D eigenvalue weighted by molar-refractivity contribution is -0.131. The van der Waals surface area contributed by atoms with Crippen LogP contribution in [0.3, 0.4) is 0 Å². The predicted molar refractivity (Wildman–Crippen MR) is 70.1 cm³/mol. The van der Waals surface area contributed by atoms with Crippen LogP contribution in [0.5, 0.6) is 0 Å². The van der Waals surface area contributed by atoms with Gasteiger partial charge in [0.05, 0.1) is 5.60 Å². The Morgan fingerprint density at radius 2 is 1.65 bits per heavy atom. The number of halogens is 1. The maximum absolute atomic E-state index is 11.9. The molecule has 0 bridgehead atoms. The Labute approximate surface area is 108 Å². The van der Waals surface area contributed by atoms with Gasteiger partial charge in [0.15, 0.2) is 0 Å². The molecule has 0 amide bonds. The number of hydrogen-bond acceptors (Lipinski definition) is 2. The van der Waals surface area contributed by atoms with Crippen molar-refractivity contribution in [2.75, 3.05) is 0 Å². The maximum atomic E-state index is 11.9. The topological polar surface area (TPSA) is 37.3 Å². The number of carbonyl (C=O) groups excluding carboxylic acids is 1. The van der Waals surface area contributed by atoms with Crippen molar-refractivity contribution >= 4 is 17.4 Å². The minimum Gasteiger partial charge on any atom is -0.385 e. The fourth-order valence-corrected chi connectivity index (χ4v) is 1.61. The smallest absolute Gasteiger partial charge is 0.141 e. The standard InChI is InChI=1S/C14H19ClO2/c1-13(2,3)12(16)9-14(4,17)10-5-7-11(15)8-6-10/h5-8,17H,9H2,1-4H3/t14-/m1/s1. The highest BCUT2D eigenvalue weighted by atomic mass is 35.5. The molecule has 0 radical (unpaired) electrons. The second-order valence-electron chi connectivity index (χ2n) is 5.63. The lowest BCUT2D eigenvalue weighted by Crippen LogP contribution is -2.31. The molecule has 1 aromatic rings. The third kappa shape index (κ3) is 3.83. The second-order valence-corrected chi connectivity index (χ2v) is 6.07. The van der Waals surface area contributed by atoms with Crippen molar-refractivity contribution in [2.24, 2.45) is 5.41 Å². The number of rotatable bonds is 3. The van der Waals surface area contributed by atoms with Crippen molar-refractivity contribution in [1.29, 1.82) is 0 Å². The molecule has 0 fully saturated rings. The number of ketones is 1. The molecular formula is C14H19ClO2. The fraction of sp³-hybridized carbons (Fsp3) is 0.500. The highest BCUT2D eigenvalue weighted by Gasteiger charge is 2.31. The molecule has 0 heterocycles. The van der Waals surface area contributed by atoms with Crippen molar-refractivity contribution in [1.82, 2.24) is 0 Å². The van der Waals surface area contributed by atoms with Crippen LogP contribution in [-0.2, 0) is 10.4 Å². The molecule has 17 heavy (non-hydrogen) atoms. The van der Waals surface area contributed by atoms with Gasteiger partial charge in [-0.05, 0) is 24.6 Å². The van der Waals surface area contributed by atoms with Gasteiger partial charge >= 0.3 is 0 Å². The van der Waals surface area contributed by atoms with Gasteiger partial charge in [0, 0.05) is 16.9 Å². The van der Waals surface area contributed by atoms with E-state index in [2.05, 4.69) is 0 Å². The van der Waals surface area contributed by atoms with E-state index in [-0.39, 0.29) is 12.2 Å². The van der Waals surface area contributed by atoms with Gasteiger partial charge in [-0.2, -0.15) is 0 Å². The lowest BCUT2D eigenvalue weighted by Gasteiger charge is -2.27. The fourth-order valence-electron chi connectivity index (χ4n) is 1.49. The van der Waals surface area contributed by atoms with Crippen molar-refractivity contribution in [3.63, 3.8) is 0 Å². The number of carbonyl (C=O) groups is 1. The summed E-state index contributed by atoms with van der Waals surface area (Å²) in [5, 5.41) is 11.0. The van der Waals surface area contributed by atoms with Crippen LogP contribution in [-0.4, -0.2) is 10.9 Å². The number of Topliss-reactive ketones (excluding diaryl/α,β-unsaturated/α-hetero) is 1. The summed E-state index contributed by atoms with van der Waals surface area (Å²) in [7, 11) is 0. The van der Waals surface area contributed by atoms with Crippen LogP contribution < -0.4 is 0 Å². The minimum absolute atomic E-state index is 0.0393. The first kappa shape index (κ1) is 14.2. The van der Waals surface area contributed by atoms with Crippen molar-refractivity contribution in [3.05, 3.63) is 34.9 Å². The zero-order chi connectivity index (χ0) is 13.3. The van der Waals surface area contributed by atoms with E-state index < -0.39 is 11.0 Å². The molecular weight excluding hydrogens is 236 g/mol. The van der Waals surface area contributed by atoms with Crippen molar-refractivity contribution < 1.29 is 9.90 Å². The van der Waals surface area contributed by atoms with E-state index in [1.807, 2.05) is 20.8 Å². The van der Waals surface area contributed by atoms with Gasteiger partial charge in [-0.1, -0.05) is 44.5 Å². The Kier molecular flexibility index (Phi) is 4.00. The van der Waals surface area contributed by atoms with Gasteiger partial charge in [0.25, 0.3) is 0 Å². The van der Waals surface area contributed by atoms with E-state index in [0.29, 0.717) is 10.6 Å². The molecule has 1 N–H and O–H groups in total. The quantitative estimate of drug-likeness (QED) is 0.896. The summed E-state index contributed by atoms with van der Waals surface area (Å²) in [6.45, 7) is 7.22. The molecule has 0 unspecified atom stereocenters. The van der Waals surface area contributed by atoms with Crippen LogP contribution in [0.15, 0.2) is 24.3 Å². The lowest BCUT2D eigenvalue weighted by atomic mass is 9.81. The van der Waals surface area contributed by atoms with E-state index in [1.165, 1.54) is 0 Å². The third-order valence-electron chi connectivity index (χ3n) is 2.81. The largest absolute Gasteiger partial charge is 0.385 e. The third-order valence-corrected chi connectivity index (χ3v) is 3.06. The molecule has 3 heteroatoms. The molecule has 0 spiro atoms. The normalized spacial score (nSPS) is 15.4. The number of hydrogen-bond donors (Lipinski definition) is 1. The summed E-state index contributed by atoms with van der Waals surface area (Å²) in [5.74, 6) is 0.0393. The molecule has 2 nitrogen and oxygen atoms in total. The first-order valence-electron chi connectivity index (χ1n) is 5.65. The molecule has 1 aromatic carbocycles. The molecule has 0 saturated heterocycles. The number of benzene rings is 1. The molecule has 1 atom stereocenters. The Morgan fingerprint density at radius 3 is 2.06 bits per heavy atom. The van der Waals surface area contributed by atoms with Gasteiger partial charge in [0.1, 0.15) is 5.78 Å². The maximum Gasteiger partial charge on any atom is 0.141 e. The minimum atomic E-state index is -1.14. The van der Waals surface area contributed by atoms with Crippen LogP contribution in [0.1, 0.15) is 39.7 Å². The predicted octanol–water partition coefficient (Wildman–Crippen LogP) is 3.55. The van der Waals surface area contributed by atoms with E-state index in [4.69, 9.17) is 11.6 Å². The van der Waals surface area contributed by atoms with Crippen molar-refractivity contribution in [3.8, 4) is 0 Å². The Morgan fingerprint density at radius 1 is 1.18 bits per heavy atom. The second kappa shape index (κ2) is 4.79. The highest BCUT2D eigenvalue weighted by Crippen LogP contribution is 2.30. The molecule has 1 rings (SSSR count). The highest BCUT2D eigenvalue weighted by molar-refractivity contribution is 6.30. The summed E-state index contributed by atoms with van der Waals surface area (Å²) in [5.41, 5.74) is -0.870. The Bertz CT molecular complexity index is 399. The van der Waals surface area contributed by atoms with Gasteiger partial charge in [0.2, 0.25) is 0 Å². The molecule has 0 saturated carbocycles. The zero-order valence-corrected chi connectivity index (χ0v) is 11.5. The van der Waals surface area contributed by atoms with Crippen LogP contribution in [0, 0.1) is 5.41 Å². The molecule has 0 aliphatic carbocycles. The van der Waals surface area contributed by atoms with Crippen LogP contribution in [0.4, 0.5) is 0 Å². The molecule has 0 aliphatic heterocycles. The van der Waals surface area contributed by atoms with Gasteiger partial charge in [-0.25, -0.2) is 0 Å². The van der Waals surface area contributed by atoms with Crippen molar-refractivity contribution in [2.45, 2.75) is 39.7 Å². The van der Waals surface area contributed by atoms with Gasteiger partial charge < -0.3 is 5.11 Å². The first-order valence-corrected chi connectivity index (χ1v) is 6.02. The van der Waals surface area contributed by atoms with Gasteiger partial charge in [-0.15, -0.1) is 0 Å². The Balaban J connectivity index is 2.89. The zero-order valence-electron chi connectivity index (χ0n) is 10.7. The SMILES string of the molecule is CC(C)(C)C(=O)C[C@@](C)(O)c1ccc(Cl)cc1. The van der Waals surface area contributed by atoms with E-state index in [1.54, 1.807) is 31.2 Å². The first-order chi connectivity index (χ1) is 7.63. The summed E-state index contributed by atoms with van der Waals surface area (Å²) in [4.78, 5) is 11.9.